The molecule has 3 aromatic rings. The van der Waals surface area contributed by atoms with Gasteiger partial charge in [-0.2, -0.15) is 0 Å². The minimum absolute atomic E-state index is 0.138. The van der Waals surface area contributed by atoms with Crippen LogP contribution in [-0.4, -0.2) is 56.3 Å². The number of anilines is 1. The lowest BCUT2D eigenvalue weighted by atomic mass is 9.82. The number of carbonyl (C=O) groups excluding carboxylic acids is 5. The number of ketones is 2. The highest BCUT2D eigenvalue weighted by Crippen LogP contribution is 2.27. The normalized spacial score (nSPS) is 17.2. The molecule has 2 aliphatic carbocycles. The average molecular weight is 589 g/mol. The number of ether oxygens (including phenoxy) is 2. The highest BCUT2D eigenvalue weighted by Gasteiger charge is 2.50. The van der Waals surface area contributed by atoms with Gasteiger partial charge in [0.2, 0.25) is 11.6 Å². The van der Waals surface area contributed by atoms with Crippen LogP contribution in [0.25, 0.3) is 0 Å². The molecule has 9 heteroatoms. The lowest BCUT2D eigenvalue weighted by Gasteiger charge is -2.35. The fraction of sp³-hybridized carbons (Fsp3) is 0.324. The van der Waals surface area contributed by atoms with Crippen LogP contribution < -0.4 is 15.4 Å². The molecule has 3 aromatic carbocycles. The van der Waals surface area contributed by atoms with E-state index in [-0.39, 0.29) is 23.5 Å². The summed E-state index contributed by atoms with van der Waals surface area (Å²) in [6.45, 7) is 8.11. The van der Waals surface area contributed by atoms with E-state index in [1.807, 2.05) is 87.2 Å². The predicted octanol–water partition coefficient (Wildman–Crippen LogP) is 5.21. The molecule has 228 valence electrons. The van der Waals surface area contributed by atoms with E-state index in [0.29, 0.717) is 12.5 Å². The Morgan fingerprint density at radius 1 is 0.837 bits per heavy atom. The molecule has 3 unspecified atom stereocenters. The van der Waals surface area contributed by atoms with Crippen LogP contribution in [0, 0.1) is 6.92 Å². The molecule has 0 heterocycles. The van der Waals surface area contributed by atoms with E-state index in [1.165, 1.54) is 18.2 Å². The summed E-state index contributed by atoms with van der Waals surface area (Å²) in [5, 5.41) is 6.38. The highest BCUT2D eigenvalue weighted by atomic mass is 16.5. The van der Waals surface area contributed by atoms with Gasteiger partial charge in [-0.15, -0.1) is 0 Å². The molecule has 9 nitrogen and oxygen atoms in total. The lowest BCUT2D eigenvalue weighted by molar-refractivity contribution is -0.145. The van der Waals surface area contributed by atoms with Crippen molar-refractivity contribution < 1.29 is 33.4 Å². The van der Waals surface area contributed by atoms with Crippen LogP contribution in [0.2, 0.25) is 0 Å². The van der Waals surface area contributed by atoms with Gasteiger partial charge in [-0.25, -0.2) is 0 Å². The zero-order valence-electron chi connectivity index (χ0n) is 24.9. The van der Waals surface area contributed by atoms with E-state index in [2.05, 4.69) is 34.4 Å². The Hall–Kier alpha value is -4.63. The molecule has 0 amide bonds. The topological polar surface area (TPSA) is 128 Å². The van der Waals surface area contributed by atoms with Crippen LogP contribution in [0.3, 0.4) is 0 Å². The first-order valence-corrected chi connectivity index (χ1v) is 14.0. The fourth-order valence-corrected chi connectivity index (χ4v) is 4.39. The largest absolute Gasteiger partial charge is 0.469 e. The number of Topliss-reactive ketones (excluding diaryl/α,β-unsaturated/α-hetero) is 2. The van der Waals surface area contributed by atoms with Crippen molar-refractivity contribution in [2.75, 3.05) is 12.4 Å². The maximum Gasteiger partial charge on any atom is 0.306 e. The van der Waals surface area contributed by atoms with Gasteiger partial charge in [-0.1, -0.05) is 55.0 Å². The smallest absolute Gasteiger partial charge is 0.306 e. The molecule has 2 fully saturated rings. The number of methoxy groups -OCH3 is 1. The second-order valence-corrected chi connectivity index (χ2v) is 10.0. The van der Waals surface area contributed by atoms with Crippen molar-refractivity contribution in [2.24, 2.45) is 0 Å². The highest BCUT2D eigenvalue weighted by molar-refractivity contribution is 6.49. The minimum atomic E-state index is -0.475. The summed E-state index contributed by atoms with van der Waals surface area (Å²) in [6, 6.07) is 24.8. The van der Waals surface area contributed by atoms with Gasteiger partial charge in [0.1, 0.15) is 37.2 Å². The molecule has 43 heavy (non-hydrogen) atoms. The summed E-state index contributed by atoms with van der Waals surface area (Å²) in [7, 11) is 1.43. The third-order valence-corrected chi connectivity index (χ3v) is 6.97. The van der Waals surface area contributed by atoms with Gasteiger partial charge < -0.3 is 29.7 Å². The molecule has 2 N–H and O–H groups in total. The van der Waals surface area contributed by atoms with E-state index in [1.54, 1.807) is 0 Å². The van der Waals surface area contributed by atoms with Crippen LogP contribution in [0.5, 0.6) is 11.5 Å². The molecule has 5 rings (SSSR count). The maximum absolute atomic E-state index is 11.8. The number of rotatable bonds is 10. The van der Waals surface area contributed by atoms with Crippen molar-refractivity contribution in [1.29, 1.82) is 0 Å². The summed E-state index contributed by atoms with van der Waals surface area (Å²) < 4.78 is 10.5. The third kappa shape index (κ3) is 10.6. The Bertz CT molecular complexity index is 1290. The van der Waals surface area contributed by atoms with Crippen molar-refractivity contribution in [3.05, 3.63) is 90.0 Å². The molecular weight excluding hydrogens is 548 g/mol. The quantitative estimate of drug-likeness (QED) is 0.242. The van der Waals surface area contributed by atoms with Crippen molar-refractivity contribution in [3.63, 3.8) is 0 Å². The zero-order chi connectivity index (χ0) is 31.8. The van der Waals surface area contributed by atoms with Crippen molar-refractivity contribution >= 4 is 36.8 Å². The number of nitrogens with one attached hydrogen (secondary N) is 2. The second-order valence-electron chi connectivity index (χ2n) is 10.0. The van der Waals surface area contributed by atoms with Gasteiger partial charge in [-0.05, 0) is 74.1 Å². The molecule has 2 saturated carbocycles. The lowest BCUT2D eigenvalue weighted by Crippen LogP contribution is -2.67. The predicted molar refractivity (Wildman–Crippen MR) is 165 cm³/mol. The number of esters is 1. The average Bonchev–Trinajstić information content (AvgIpc) is 3.90. The molecule has 2 aliphatic rings. The minimum Gasteiger partial charge on any atom is -0.469 e. The van der Waals surface area contributed by atoms with Crippen molar-refractivity contribution in [1.82, 2.24) is 5.32 Å². The monoisotopic (exact) mass is 588 g/mol. The molecule has 3 atom stereocenters. The molecular formula is C34H40N2O7. The van der Waals surface area contributed by atoms with Crippen LogP contribution in [0.1, 0.15) is 49.7 Å². The summed E-state index contributed by atoms with van der Waals surface area (Å²) in [6.07, 6.45) is 3.58. The summed E-state index contributed by atoms with van der Waals surface area (Å²) in [4.78, 5) is 50.7. The van der Waals surface area contributed by atoms with Gasteiger partial charge in [0.25, 0.3) is 0 Å². The van der Waals surface area contributed by atoms with Gasteiger partial charge >= 0.3 is 5.97 Å². The van der Waals surface area contributed by atoms with E-state index in [9.17, 15) is 14.4 Å². The number of benzene rings is 3. The summed E-state index contributed by atoms with van der Waals surface area (Å²) in [5.41, 5.74) is 3.19. The first kappa shape index (κ1) is 34.6. The van der Waals surface area contributed by atoms with Crippen LogP contribution in [0.15, 0.2) is 78.9 Å². The number of aryl methyl sites for hydroxylation is 1. The zero-order valence-corrected chi connectivity index (χ0v) is 24.9. The van der Waals surface area contributed by atoms with E-state index < -0.39 is 12.1 Å². The molecule has 0 radical (unpaired) electrons. The Labute approximate surface area is 253 Å². The van der Waals surface area contributed by atoms with E-state index in [0.717, 1.165) is 36.4 Å². The number of carbonyl (C=O) groups is 5. The van der Waals surface area contributed by atoms with Gasteiger partial charge in [-0.3, -0.25) is 14.4 Å². The molecule has 0 aromatic heterocycles. The standard InChI is InChI=1S/C20H20N2O3.C12H16O2.2CH2O/c1-12-2-8-15(9-3-12)25-16-10-6-14(7-11-16)22-18-17(19(23)20(18)24)21-13-4-5-13;1-3-10(9-12(13)14-2)11-7-5-4-6-8-11;2*1-2/h2-3,6-11,13,17-18,21-22H,4-5H2,1H3;4-8,10H,3,9H2,1-2H3;2*1H2. The molecule has 0 spiro atoms. The van der Waals surface area contributed by atoms with Crippen LogP contribution >= 0.6 is 0 Å². The number of hydrogen-bond acceptors (Lipinski definition) is 9. The summed E-state index contributed by atoms with van der Waals surface area (Å²) in [5.74, 6) is 0.976. The summed E-state index contributed by atoms with van der Waals surface area (Å²) >= 11 is 0. The first-order valence-electron chi connectivity index (χ1n) is 14.0. The fourth-order valence-electron chi connectivity index (χ4n) is 4.39. The van der Waals surface area contributed by atoms with Gasteiger partial charge in [0.05, 0.1) is 13.5 Å². The Morgan fingerprint density at radius 3 is 1.88 bits per heavy atom. The number of hydrogen-bond donors (Lipinski definition) is 2. The molecule has 0 saturated heterocycles. The van der Waals surface area contributed by atoms with Gasteiger partial charge in [0, 0.05) is 11.7 Å². The Kier molecular flexibility index (Phi) is 14.5. The molecule has 0 bridgehead atoms. The van der Waals surface area contributed by atoms with E-state index >= 15 is 0 Å². The third-order valence-electron chi connectivity index (χ3n) is 6.97. The maximum atomic E-state index is 11.8. The van der Waals surface area contributed by atoms with Crippen LogP contribution in [-0.2, 0) is 28.7 Å². The Morgan fingerprint density at radius 2 is 1.37 bits per heavy atom. The Balaban J connectivity index is 0.000000306. The molecule has 0 aliphatic heterocycles. The van der Waals surface area contributed by atoms with E-state index in [4.69, 9.17) is 14.3 Å². The van der Waals surface area contributed by atoms with Gasteiger partial charge in [0.15, 0.2) is 0 Å². The second kappa shape index (κ2) is 18.0. The SMILES string of the molecule is C=O.C=O.CCC(CC(=O)OC)c1ccccc1.Cc1ccc(Oc2ccc(NC3C(=O)C(=O)C3NC3CC3)cc2)cc1. The van der Waals surface area contributed by atoms with Crippen molar-refractivity contribution in [2.45, 2.75) is 63.6 Å². The van der Waals surface area contributed by atoms with Crippen LogP contribution in [0.4, 0.5) is 5.69 Å². The van der Waals surface area contributed by atoms with Crippen molar-refractivity contribution in [3.8, 4) is 11.5 Å². The first-order chi connectivity index (χ1) is 20.9.